The van der Waals surface area contributed by atoms with Crippen LogP contribution in [0.15, 0.2) is 58.2 Å². The normalized spacial score (nSPS) is 12.9. The van der Waals surface area contributed by atoms with Gasteiger partial charge in [-0.25, -0.2) is 4.39 Å². The molecule has 7 nitrogen and oxygen atoms in total. The van der Waals surface area contributed by atoms with Crippen molar-refractivity contribution < 1.29 is 28.1 Å². The predicted octanol–water partition coefficient (Wildman–Crippen LogP) is 4.28. The summed E-state index contributed by atoms with van der Waals surface area (Å²) >= 11 is 1.20. The van der Waals surface area contributed by atoms with Gasteiger partial charge < -0.3 is 23.7 Å². The van der Waals surface area contributed by atoms with Crippen LogP contribution in [0.4, 0.5) is 4.39 Å². The number of aromatic nitrogens is 2. The summed E-state index contributed by atoms with van der Waals surface area (Å²) in [6.45, 7) is 4.33. The van der Waals surface area contributed by atoms with E-state index in [2.05, 4.69) is 10.2 Å². The Bertz CT molecular complexity index is 922. The first-order valence-corrected chi connectivity index (χ1v) is 10.4. The molecule has 30 heavy (non-hydrogen) atoms. The van der Waals surface area contributed by atoms with Crippen molar-refractivity contribution in [1.82, 2.24) is 10.2 Å². The highest BCUT2D eigenvalue weighted by molar-refractivity contribution is 7.99. The fourth-order valence-electron chi connectivity index (χ4n) is 2.43. The molecular formula is C21H23FN2O5S. The standard InChI is InChI=1S/C21H23FN2O5S/c1-3-26-16-8-10-17(11-9-16)27-12-15(25)13-30-21-24-23-20(29-21)14(2)28-19-7-5-4-6-18(19)22/h4-11,14-15,25H,3,12-13H2,1-2H3. The Morgan fingerprint density at radius 2 is 1.77 bits per heavy atom. The van der Waals surface area contributed by atoms with E-state index in [1.165, 1.54) is 23.9 Å². The molecule has 2 unspecified atom stereocenters. The van der Waals surface area contributed by atoms with E-state index in [4.69, 9.17) is 18.6 Å². The minimum absolute atomic E-state index is 0.110. The van der Waals surface area contributed by atoms with Crippen LogP contribution in [0.25, 0.3) is 0 Å². The minimum atomic E-state index is -0.732. The van der Waals surface area contributed by atoms with Gasteiger partial charge in [0.25, 0.3) is 11.1 Å². The molecule has 0 spiro atoms. The van der Waals surface area contributed by atoms with Crippen molar-refractivity contribution in [3.05, 3.63) is 60.2 Å². The molecule has 0 aliphatic heterocycles. The molecule has 3 aromatic rings. The Hall–Kier alpha value is -2.78. The van der Waals surface area contributed by atoms with Crippen LogP contribution in [0.5, 0.6) is 17.2 Å². The first-order valence-electron chi connectivity index (χ1n) is 9.46. The van der Waals surface area contributed by atoms with Crippen molar-refractivity contribution in [3.8, 4) is 17.2 Å². The van der Waals surface area contributed by atoms with Crippen LogP contribution >= 0.6 is 11.8 Å². The maximum absolute atomic E-state index is 13.7. The summed E-state index contributed by atoms with van der Waals surface area (Å²) in [7, 11) is 0. The average molecular weight is 434 g/mol. The van der Waals surface area contributed by atoms with Gasteiger partial charge in [-0.2, -0.15) is 0 Å². The molecule has 0 fully saturated rings. The van der Waals surface area contributed by atoms with E-state index in [0.29, 0.717) is 18.1 Å². The summed E-state index contributed by atoms with van der Waals surface area (Å²) in [4.78, 5) is 0. The number of thioether (sulfide) groups is 1. The molecule has 2 atom stereocenters. The number of aliphatic hydroxyl groups excluding tert-OH is 1. The molecule has 0 bridgehead atoms. The molecule has 0 amide bonds. The topological polar surface area (TPSA) is 86.8 Å². The lowest BCUT2D eigenvalue weighted by molar-refractivity contribution is 0.126. The number of hydrogen-bond acceptors (Lipinski definition) is 8. The molecule has 0 radical (unpaired) electrons. The van der Waals surface area contributed by atoms with E-state index >= 15 is 0 Å². The molecule has 1 N–H and O–H groups in total. The van der Waals surface area contributed by atoms with Gasteiger partial charge in [0.1, 0.15) is 18.1 Å². The highest BCUT2D eigenvalue weighted by Gasteiger charge is 2.18. The Labute approximate surface area is 178 Å². The van der Waals surface area contributed by atoms with Crippen LogP contribution in [0.1, 0.15) is 25.8 Å². The third-order valence-corrected chi connectivity index (χ3v) is 4.85. The van der Waals surface area contributed by atoms with Crippen molar-refractivity contribution in [2.24, 2.45) is 0 Å². The third kappa shape index (κ3) is 6.36. The highest BCUT2D eigenvalue weighted by Crippen LogP contribution is 2.26. The number of halogens is 1. The molecule has 0 aliphatic rings. The first-order chi connectivity index (χ1) is 14.5. The second-order valence-electron chi connectivity index (χ2n) is 6.28. The number of benzene rings is 2. The lowest BCUT2D eigenvalue weighted by atomic mass is 10.3. The van der Waals surface area contributed by atoms with Crippen LogP contribution in [0.3, 0.4) is 0 Å². The largest absolute Gasteiger partial charge is 0.494 e. The van der Waals surface area contributed by atoms with Crippen molar-refractivity contribution in [2.75, 3.05) is 19.0 Å². The van der Waals surface area contributed by atoms with Gasteiger partial charge in [0, 0.05) is 5.75 Å². The highest BCUT2D eigenvalue weighted by atomic mass is 32.2. The van der Waals surface area contributed by atoms with E-state index in [1.807, 2.05) is 19.1 Å². The van der Waals surface area contributed by atoms with Gasteiger partial charge >= 0.3 is 0 Å². The zero-order valence-corrected chi connectivity index (χ0v) is 17.5. The summed E-state index contributed by atoms with van der Waals surface area (Å²) in [5.41, 5.74) is 0. The number of aliphatic hydroxyl groups is 1. The number of rotatable bonds is 11. The molecule has 0 saturated carbocycles. The summed E-state index contributed by atoms with van der Waals surface area (Å²) in [5.74, 6) is 1.58. The molecule has 0 aliphatic carbocycles. The second kappa shape index (κ2) is 10.8. The van der Waals surface area contributed by atoms with Crippen molar-refractivity contribution >= 4 is 11.8 Å². The second-order valence-corrected chi connectivity index (χ2v) is 7.25. The van der Waals surface area contributed by atoms with Crippen LogP contribution in [0, 0.1) is 5.82 Å². The summed E-state index contributed by atoms with van der Waals surface area (Å²) in [5, 5.41) is 18.3. The Morgan fingerprint density at radius 3 is 2.47 bits per heavy atom. The van der Waals surface area contributed by atoms with Gasteiger partial charge in [0.05, 0.1) is 12.7 Å². The number of nitrogens with zero attached hydrogens (tertiary/aromatic N) is 2. The fourth-order valence-corrected chi connectivity index (χ4v) is 3.10. The smallest absolute Gasteiger partial charge is 0.276 e. The maximum atomic E-state index is 13.7. The monoisotopic (exact) mass is 434 g/mol. The van der Waals surface area contributed by atoms with Gasteiger partial charge in [0.2, 0.25) is 0 Å². The Kier molecular flexibility index (Phi) is 7.92. The predicted molar refractivity (Wildman–Crippen MR) is 110 cm³/mol. The van der Waals surface area contributed by atoms with Crippen molar-refractivity contribution in [2.45, 2.75) is 31.3 Å². The summed E-state index contributed by atoms with van der Waals surface area (Å²) in [6, 6.07) is 13.3. The zero-order valence-electron chi connectivity index (χ0n) is 16.7. The summed E-state index contributed by atoms with van der Waals surface area (Å²) in [6.07, 6.45) is -1.35. The van der Waals surface area contributed by atoms with Crippen molar-refractivity contribution in [3.63, 3.8) is 0 Å². The van der Waals surface area contributed by atoms with Gasteiger partial charge in [-0.1, -0.05) is 23.9 Å². The lowest BCUT2D eigenvalue weighted by Gasteiger charge is -2.12. The van der Waals surface area contributed by atoms with E-state index in [-0.39, 0.29) is 23.5 Å². The number of hydrogen-bond donors (Lipinski definition) is 1. The van der Waals surface area contributed by atoms with E-state index in [0.717, 1.165) is 5.75 Å². The first kappa shape index (κ1) is 21.9. The molecule has 160 valence electrons. The van der Waals surface area contributed by atoms with Gasteiger partial charge in [0.15, 0.2) is 17.7 Å². The quantitative estimate of drug-likeness (QED) is 0.448. The SMILES string of the molecule is CCOc1ccc(OCC(O)CSc2nnc(C(C)Oc3ccccc3F)o2)cc1. The zero-order chi connectivity index (χ0) is 21.3. The third-order valence-electron chi connectivity index (χ3n) is 3.89. The van der Waals surface area contributed by atoms with E-state index in [1.54, 1.807) is 31.2 Å². The minimum Gasteiger partial charge on any atom is -0.494 e. The molecule has 9 heteroatoms. The van der Waals surface area contributed by atoms with Crippen LogP contribution in [0.2, 0.25) is 0 Å². The molecule has 1 aromatic heterocycles. The van der Waals surface area contributed by atoms with E-state index < -0.39 is 18.0 Å². The Balaban J connectivity index is 1.43. The average Bonchev–Trinajstić information content (AvgIpc) is 3.23. The van der Waals surface area contributed by atoms with Crippen LogP contribution in [-0.4, -0.2) is 40.4 Å². The van der Waals surface area contributed by atoms with Gasteiger partial charge in [-0.05, 0) is 50.2 Å². The maximum Gasteiger partial charge on any atom is 0.276 e. The molecule has 0 saturated heterocycles. The van der Waals surface area contributed by atoms with Crippen molar-refractivity contribution in [1.29, 1.82) is 0 Å². The lowest BCUT2D eigenvalue weighted by Crippen LogP contribution is -2.20. The summed E-state index contributed by atoms with van der Waals surface area (Å²) < 4.78 is 35.7. The number of ether oxygens (including phenoxy) is 3. The molecule has 3 rings (SSSR count). The van der Waals surface area contributed by atoms with Crippen LogP contribution < -0.4 is 14.2 Å². The van der Waals surface area contributed by atoms with Gasteiger partial charge in [-0.3, -0.25) is 0 Å². The molecule has 2 aromatic carbocycles. The fraction of sp³-hybridized carbons (Fsp3) is 0.333. The Morgan fingerprint density at radius 1 is 1.07 bits per heavy atom. The van der Waals surface area contributed by atoms with E-state index in [9.17, 15) is 9.50 Å². The number of para-hydroxylation sites is 1. The van der Waals surface area contributed by atoms with Gasteiger partial charge in [-0.15, -0.1) is 10.2 Å². The molecule has 1 heterocycles. The molecular weight excluding hydrogens is 411 g/mol. The van der Waals surface area contributed by atoms with Crippen LogP contribution in [-0.2, 0) is 0 Å².